The lowest BCUT2D eigenvalue weighted by atomic mass is 10.2. The number of hydrogen-bond donors (Lipinski definition) is 1. The van der Waals surface area contributed by atoms with E-state index in [0.717, 1.165) is 12.1 Å². The number of alkyl halides is 3. The van der Waals surface area contributed by atoms with Crippen molar-refractivity contribution >= 4 is 17.3 Å². The van der Waals surface area contributed by atoms with Crippen LogP contribution in [0.3, 0.4) is 0 Å². The number of benzene rings is 1. The number of ether oxygens (including phenoxy) is 1. The number of pyridine rings is 1. The maximum atomic E-state index is 12.2. The molecule has 23 heavy (non-hydrogen) atoms. The first-order valence-corrected chi connectivity index (χ1v) is 6.02. The largest absolute Gasteiger partial charge is 0.471 e. The number of carbonyl (C=O) groups is 1. The molecule has 0 aliphatic rings. The average Bonchev–Trinajstić information content (AvgIpc) is 2.48. The van der Waals surface area contributed by atoms with E-state index in [2.05, 4.69) is 4.98 Å². The van der Waals surface area contributed by atoms with Gasteiger partial charge < -0.3 is 10.1 Å². The van der Waals surface area contributed by atoms with Crippen LogP contribution in [0.4, 0.5) is 24.5 Å². The molecule has 0 atom stereocenters. The fraction of sp³-hybridized carbons (Fsp3) is 0.0769. The van der Waals surface area contributed by atoms with E-state index in [1.165, 1.54) is 35.9 Å². The van der Waals surface area contributed by atoms with E-state index < -0.39 is 28.4 Å². The number of nitrogens with one attached hydrogen (secondary N) is 1. The minimum atomic E-state index is -5.15. The van der Waals surface area contributed by atoms with Crippen LogP contribution in [-0.2, 0) is 4.79 Å². The number of amides is 1. The molecule has 1 heterocycles. The van der Waals surface area contributed by atoms with E-state index >= 15 is 0 Å². The van der Waals surface area contributed by atoms with Crippen molar-refractivity contribution < 1.29 is 27.6 Å². The SMILES string of the molecule is O=C(Nc1ccc(Oc2ccncc2)cc1[N+](=O)[O-])C(F)(F)F. The molecule has 0 bridgehead atoms. The van der Waals surface area contributed by atoms with Gasteiger partial charge in [0.1, 0.15) is 17.2 Å². The third kappa shape index (κ3) is 4.15. The number of aromatic nitrogens is 1. The summed E-state index contributed by atoms with van der Waals surface area (Å²) < 4.78 is 42.0. The van der Waals surface area contributed by atoms with Gasteiger partial charge in [-0.2, -0.15) is 13.2 Å². The van der Waals surface area contributed by atoms with Gasteiger partial charge in [0.05, 0.1) is 11.0 Å². The predicted molar refractivity (Wildman–Crippen MR) is 72.1 cm³/mol. The molecule has 1 aromatic carbocycles. The Kier molecular flexibility index (Phi) is 4.44. The van der Waals surface area contributed by atoms with Gasteiger partial charge in [-0.15, -0.1) is 0 Å². The molecule has 0 fully saturated rings. The summed E-state index contributed by atoms with van der Waals surface area (Å²) >= 11 is 0. The summed E-state index contributed by atoms with van der Waals surface area (Å²) in [4.78, 5) is 24.7. The van der Waals surface area contributed by atoms with Gasteiger partial charge in [0.15, 0.2) is 0 Å². The van der Waals surface area contributed by atoms with Crippen LogP contribution >= 0.6 is 0 Å². The van der Waals surface area contributed by atoms with E-state index in [4.69, 9.17) is 4.74 Å². The number of hydrogen-bond acceptors (Lipinski definition) is 5. The standard InChI is InChI=1S/C13H8F3N3O4/c14-13(15,16)12(20)18-10-2-1-9(7-11(10)19(21)22)23-8-3-5-17-6-4-8/h1-7H,(H,18,20). The van der Waals surface area contributed by atoms with Crippen molar-refractivity contribution in [3.05, 3.63) is 52.8 Å². The molecule has 0 saturated heterocycles. The van der Waals surface area contributed by atoms with Crippen LogP contribution in [0.2, 0.25) is 0 Å². The van der Waals surface area contributed by atoms with Crippen LogP contribution < -0.4 is 10.1 Å². The van der Waals surface area contributed by atoms with Crippen molar-refractivity contribution in [2.75, 3.05) is 5.32 Å². The topological polar surface area (TPSA) is 94.4 Å². The van der Waals surface area contributed by atoms with Gasteiger partial charge in [-0.1, -0.05) is 0 Å². The zero-order valence-corrected chi connectivity index (χ0v) is 11.2. The van der Waals surface area contributed by atoms with Gasteiger partial charge in [0, 0.05) is 12.4 Å². The zero-order valence-electron chi connectivity index (χ0n) is 11.2. The van der Waals surface area contributed by atoms with Gasteiger partial charge in [0.25, 0.3) is 5.69 Å². The fourth-order valence-electron chi connectivity index (χ4n) is 1.57. The summed E-state index contributed by atoms with van der Waals surface area (Å²) in [5, 5.41) is 12.4. The number of nitro groups is 1. The molecule has 0 spiro atoms. The molecule has 10 heteroatoms. The smallest absolute Gasteiger partial charge is 0.457 e. The molecule has 0 radical (unpaired) electrons. The van der Waals surface area contributed by atoms with E-state index in [1.807, 2.05) is 0 Å². The highest BCUT2D eigenvalue weighted by Gasteiger charge is 2.39. The van der Waals surface area contributed by atoms with Gasteiger partial charge in [-0.05, 0) is 24.3 Å². The highest BCUT2D eigenvalue weighted by Crippen LogP contribution is 2.32. The summed E-state index contributed by atoms with van der Waals surface area (Å²) in [5.41, 5.74) is -1.31. The molecule has 1 N–H and O–H groups in total. The molecule has 2 aromatic rings. The van der Waals surface area contributed by atoms with Crippen LogP contribution in [0.5, 0.6) is 11.5 Å². The Morgan fingerprint density at radius 3 is 2.39 bits per heavy atom. The second kappa shape index (κ2) is 6.30. The minimum absolute atomic E-state index is 0.0212. The summed E-state index contributed by atoms with van der Waals surface area (Å²) in [7, 11) is 0. The van der Waals surface area contributed by atoms with Crippen LogP contribution in [-0.4, -0.2) is 22.0 Å². The van der Waals surface area contributed by atoms with Crippen molar-refractivity contribution in [1.82, 2.24) is 4.98 Å². The number of nitrogens with zero attached hydrogens (tertiary/aromatic N) is 2. The minimum Gasteiger partial charge on any atom is -0.457 e. The Balaban J connectivity index is 2.28. The third-order valence-corrected chi connectivity index (χ3v) is 2.56. The van der Waals surface area contributed by atoms with E-state index in [0.29, 0.717) is 5.75 Å². The molecule has 1 amide bonds. The van der Waals surface area contributed by atoms with Crippen molar-refractivity contribution in [3.63, 3.8) is 0 Å². The van der Waals surface area contributed by atoms with Crippen LogP contribution in [0.1, 0.15) is 0 Å². The van der Waals surface area contributed by atoms with Crippen molar-refractivity contribution in [1.29, 1.82) is 0 Å². The predicted octanol–water partition coefficient (Wildman–Crippen LogP) is 3.28. The second-order valence-corrected chi connectivity index (χ2v) is 4.17. The fourth-order valence-corrected chi connectivity index (χ4v) is 1.57. The van der Waals surface area contributed by atoms with E-state index in [-0.39, 0.29) is 5.75 Å². The van der Waals surface area contributed by atoms with E-state index in [9.17, 15) is 28.1 Å². The number of rotatable bonds is 4. The first-order chi connectivity index (χ1) is 10.8. The van der Waals surface area contributed by atoms with E-state index in [1.54, 1.807) is 0 Å². The molecule has 1 aromatic heterocycles. The van der Waals surface area contributed by atoms with Crippen molar-refractivity contribution in [3.8, 4) is 11.5 Å². The highest BCUT2D eigenvalue weighted by molar-refractivity contribution is 5.96. The lowest BCUT2D eigenvalue weighted by Gasteiger charge is -2.10. The molecule has 120 valence electrons. The number of anilines is 1. The van der Waals surface area contributed by atoms with Crippen molar-refractivity contribution in [2.24, 2.45) is 0 Å². The first kappa shape index (κ1) is 16.2. The quantitative estimate of drug-likeness (QED) is 0.687. The number of halogens is 3. The molecule has 0 aliphatic carbocycles. The third-order valence-electron chi connectivity index (χ3n) is 2.56. The number of nitro benzene ring substituents is 1. The summed E-state index contributed by atoms with van der Waals surface area (Å²) in [6, 6.07) is 6.04. The normalized spacial score (nSPS) is 10.9. The van der Waals surface area contributed by atoms with Gasteiger partial charge in [0.2, 0.25) is 0 Å². The molecule has 0 aliphatic heterocycles. The van der Waals surface area contributed by atoms with Crippen molar-refractivity contribution in [2.45, 2.75) is 6.18 Å². The Morgan fingerprint density at radius 1 is 1.17 bits per heavy atom. The zero-order chi connectivity index (χ0) is 17.0. The lowest BCUT2D eigenvalue weighted by molar-refractivity contribution is -0.384. The number of carbonyl (C=O) groups excluding carboxylic acids is 1. The molecule has 0 saturated carbocycles. The van der Waals surface area contributed by atoms with Crippen LogP contribution in [0, 0.1) is 10.1 Å². The molecule has 0 unspecified atom stereocenters. The first-order valence-electron chi connectivity index (χ1n) is 6.02. The van der Waals surface area contributed by atoms with Gasteiger partial charge in [-0.3, -0.25) is 19.9 Å². The Bertz CT molecular complexity index is 735. The van der Waals surface area contributed by atoms with Gasteiger partial charge in [-0.25, -0.2) is 0 Å². The average molecular weight is 327 g/mol. The summed E-state index contributed by atoms with van der Waals surface area (Å²) in [6.07, 6.45) is -2.29. The molecular formula is C13H8F3N3O4. The summed E-state index contributed by atoms with van der Waals surface area (Å²) in [6.45, 7) is 0. The Labute approximate surface area is 126 Å². The second-order valence-electron chi connectivity index (χ2n) is 4.17. The monoisotopic (exact) mass is 327 g/mol. The Morgan fingerprint density at radius 2 is 1.83 bits per heavy atom. The van der Waals surface area contributed by atoms with Crippen LogP contribution in [0.15, 0.2) is 42.7 Å². The summed E-state index contributed by atoms with van der Waals surface area (Å²) in [5.74, 6) is -1.95. The van der Waals surface area contributed by atoms with Crippen LogP contribution in [0.25, 0.3) is 0 Å². The maximum Gasteiger partial charge on any atom is 0.471 e. The molecule has 2 rings (SSSR count). The molecule has 7 nitrogen and oxygen atoms in total. The highest BCUT2D eigenvalue weighted by atomic mass is 19.4. The maximum absolute atomic E-state index is 12.2. The Hall–Kier alpha value is -3.17. The van der Waals surface area contributed by atoms with Gasteiger partial charge >= 0.3 is 12.1 Å². The molecular weight excluding hydrogens is 319 g/mol. The lowest BCUT2D eigenvalue weighted by Crippen LogP contribution is -2.30.